The molecule has 0 aliphatic carbocycles. The number of nitrogens with zero attached hydrogens (tertiary/aromatic N) is 1. The third-order valence-electron chi connectivity index (χ3n) is 4.16. The number of oxazole rings is 1. The van der Waals surface area contributed by atoms with Gasteiger partial charge in [0.05, 0.1) is 17.0 Å². The minimum Gasteiger partial charge on any atom is -0.444 e. The van der Waals surface area contributed by atoms with Crippen LogP contribution in [0.3, 0.4) is 0 Å². The second kappa shape index (κ2) is 8.38. The first-order chi connectivity index (χ1) is 13.6. The molecule has 0 aliphatic rings. The summed E-state index contributed by atoms with van der Waals surface area (Å²) >= 11 is 0. The van der Waals surface area contributed by atoms with Crippen molar-refractivity contribution in [1.29, 1.82) is 0 Å². The lowest BCUT2D eigenvalue weighted by Gasteiger charge is -2.09. The average Bonchev–Trinajstić information content (AvgIpc) is 3.10. The lowest BCUT2D eigenvalue weighted by Crippen LogP contribution is -2.27. The molecule has 1 heterocycles. The zero-order valence-corrected chi connectivity index (χ0v) is 16.3. The Hall–Kier alpha value is -2.65. The van der Waals surface area contributed by atoms with Gasteiger partial charge in [-0.25, -0.2) is 18.1 Å². The number of sulfonamides is 1. The van der Waals surface area contributed by atoms with Gasteiger partial charge in [-0.3, -0.25) is 0 Å². The van der Waals surface area contributed by atoms with Gasteiger partial charge in [-0.2, -0.15) is 13.2 Å². The molecule has 0 fully saturated rings. The summed E-state index contributed by atoms with van der Waals surface area (Å²) in [7, 11) is -3.79. The molecule has 0 saturated carbocycles. The van der Waals surface area contributed by atoms with E-state index in [1.54, 1.807) is 0 Å². The van der Waals surface area contributed by atoms with Crippen molar-refractivity contribution in [2.45, 2.75) is 25.3 Å². The van der Waals surface area contributed by atoms with Crippen LogP contribution in [0.1, 0.15) is 22.4 Å². The van der Waals surface area contributed by atoms with Gasteiger partial charge in [0.15, 0.2) is 0 Å². The number of benzene rings is 2. The largest absolute Gasteiger partial charge is 0.444 e. The molecule has 29 heavy (non-hydrogen) atoms. The highest BCUT2D eigenvalue weighted by molar-refractivity contribution is 7.88. The molecule has 3 rings (SSSR count). The van der Waals surface area contributed by atoms with Crippen LogP contribution in [0, 0.1) is 6.92 Å². The van der Waals surface area contributed by atoms with Gasteiger partial charge in [-0.15, -0.1) is 0 Å². The second-order valence-corrected chi connectivity index (χ2v) is 8.42. The molecule has 0 atom stereocenters. The number of aryl methyl sites for hydroxylation is 1. The minimum atomic E-state index is -4.52. The van der Waals surface area contributed by atoms with Crippen molar-refractivity contribution in [3.05, 3.63) is 77.2 Å². The van der Waals surface area contributed by atoms with Gasteiger partial charge in [0.1, 0.15) is 6.26 Å². The molecule has 5 nitrogen and oxygen atoms in total. The summed E-state index contributed by atoms with van der Waals surface area (Å²) in [6.45, 7) is 2.03. The van der Waals surface area contributed by atoms with E-state index in [0.717, 1.165) is 23.3 Å². The van der Waals surface area contributed by atoms with Crippen molar-refractivity contribution < 1.29 is 26.0 Å². The fourth-order valence-electron chi connectivity index (χ4n) is 2.69. The number of nitrogens with one attached hydrogen (secondary N) is 1. The monoisotopic (exact) mass is 424 g/mol. The maximum absolute atomic E-state index is 12.8. The Kier molecular flexibility index (Phi) is 6.09. The van der Waals surface area contributed by atoms with Gasteiger partial charge in [-0.05, 0) is 30.7 Å². The molecule has 9 heteroatoms. The molecule has 0 aliphatic heterocycles. The Morgan fingerprint density at radius 2 is 1.83 bits per heavy atom. The average molecular weight is 424 g/mol. The molecule has 1 N–H and O–H groups in total. The van der Waals surface area contributed by atoms with Crippen LogP contribution in [0.15, 0.2) is 59.2 Å². The van der Waals surface area contributed by atoms with Crippen LogP contribution in [-0.4, -0.2) is 19.9 Å². The van der Waals surface area contributed by atoms with Gasteiger partial charge in [0.25, 0.3) is 0 Å². The highest BCUT2D eigenvalue weighted by atomic mass is 32.2. The maximum atomic E-state index is 12.8. The van der Waals surface area contributed by atoms with E-state index in [0.29, 0.717) is 11.6 Å². The summed E-state index contributed by atoms with van der Waals surface area (Å²) in [5, 5.41) is 0. The van der Waals surface area contributed by atoms with Crippen LogP contribution in [0.25, 0.3) is 11.5 Å². The number of hydrogen-bond donors (Lipinski definition) is 1. The quantitative estimate of drug-likeness (QED) is 0.613. The predicted octanol–water partition coefficient (Wildman–Crippen LogP) is 4.33. The molecule has 0 amide bonds. The van der Waals surface area contributed by atoms with Gasteiger partial charge in [-0.1, -0.05) is 35.9 Å². The first kappa shape index (κ1) is 21.1. The van der Waals surface area contributed by atoms with Gasteiger partial charge >= 0.3 is 6.18 Å². The normalized spacial score (nSPS) is 12.3. The molecule has 154 valence electrons. The summed E-state index contributed by atoms with van der Waals surface area (Å²) in [6, 6.07) is 11.9. The molecule has 0 saturated heterocycles. The van der Waals surface area contributed by atoms with Crippen LogP contribution in [-0.2, 0) is 28.4 Å². The van der Waals surface area contributed by atoms with Crippen LogP contribution in [0.2, 0.25) is 0 Å². The molecule has 0 bridgehead atoms. The molecular weight excluding hydrogens is 405 g/mol. The van der Waals surface area contributed by atoms with Crippen LogP contribution in [0.4, 0.5) is 13.2 Å². The number of aromatic nitrogens is 1. The first-order valence-corrected chi connectivity index (χ1v) is 10.4. The topological polar surface area (TPSA) is 72.2 Å². The van der Waals surface area contributed by atoms with Crippen molar-refractivity contribution in [2.24, 2.45) is 0 Å². The third kappa shape index (κ3) is 5.91. The van der Waals surface area contributed by atoms with E-state index in [1.165, 1.54) is 18.4 Å². The van der Waals surface area contributed by atoms with Crippen molar-refractivity contribution in [2.75, 3.05) is 6.54 Å². The van der Waals surface area contributed by atoms with Crippen molar-refractivity contribution in [3.8, 4) is 11.5 Å². The van der Waals surface area contributed by atoms with Gasteiger partial charge in [0.2, 0.25) is 15.9 Å². The first-order valence-electron chi connectivity index (χ1n) is 8.77. The van der Waals surface area contributed by atoms with Crippen LogP contribution < -0.4 is 4.72 Å². The summed E-state index contributed by atoms with van der Waals surface area (Å²) in [6.07, 6.45) is -2.78. The van der Waals surface area contributed by atoms with E-state index in [9.17, 15) is 21.6 Å². The van der Waals surface area contributed by atoms with Crippen LogP contribution >= 0.6 is 0 Å². The van der Waals surface area contributed by atoms with E-state index in [4.69, 9.17) is 4.42 Å². The molecule has 1 aromatic heterocycles. The Morgan fingerprint density at radius 1 is 1.10 bits per heavy atom. The molecule has 3 aromatic rings. The highest BCUT2D eigenvalue weighted by Gasteiger charge is 2.30. The standard InChI is InChI=1S/C20H19F3N2O3S/c1-14-5-7-16(8-6-14)19-25-18(12-28-19)9-10-24-29(26,27)13-15-3-2-4-17(11-15)20(21,22)23/h2-8,11-12,24H,9-10,13H2,1H3. The number of alkyl halides is 3. The summed E-state index contributed by atoms with van der Waals surface area (Å²) in [4.78, 5) is 4.33. The highest BCUT2D eigenvalue weighted by Crippen LogP contribution is 2.29. The Morgan fingerprint density at radius 3 is 2.52 bits per heavy atom. The van der Waals surface area contributed by atoms with Crippen molar-refractivity contribution in [3.63, 3.8) is 0 Å². The van der Waals surface area contributed by atoms with Gasteiger partial charge in [0, 0.05) is 18.5 Å². The maximum Gasteiger partial charge on any atom is 0.416 e. The summed E-state index contributed by atoms with van der Waals surface area (Å²) in [5.74, 6) is -0.100. The molecular formula is C20H19F3N2O3S. The predicted molar refractivity (Wildman–Crippen MR) is 102 cm³/mol. The van der Waals surface area contributed by atoms with Crippen molar-refractivity contribution >= 4 is 10.0 Å². The van der Waals surface area contributed by atoms with Crippen LogP contribution in [0.5, 0.6) is 0 Å². The van der Waals surface area contributed by atoms with Crippen molar-refractivity contribution in [1.82, 2.24) is 9.71 Å². The zero-order chi connectivity index (χ0) is 21.1. The lowest BCUT2D eigenvalue weighted by molar-refractivity contribution is -0.137. The fourth-order valence-corrected chi connectivity index (χ4v) is 3.83. The smallest absolute Gasteiger partial charge is 0.416 e. The molecule has 0 spiro atoms. The lowest BCUT2D eigenvalue weighted by atomic mass is 10.1. The van der Waals surface area contributed by atoms with E-state index in [-0.39, 0.29) is 18.5 Å². The van der Waals surface area contributed by atoms with E-state index in [1.807, 2.05) is 31.2 Å². The Labute approximate surface area is 166 Å². The van der Waals surface area contributed by atoms with E-state index in [2.05, 4.69) is 9.71 Å². The fraction of sp³-hybridized carbons (Fsp3) is 0.250. The Bertz CT molecular complexity index is 1070. The number of rotatable bonds is 7. The summed E-state index contributed by atoms with van der Waals surface area (Å²) < 4.78 is 70.4. The number of halogens is 3. The Balaban J connectivity index is 1.57. The van der Waals surface area contributed by atoms with E-state index < -0.39 is 27.5 Å². The van der Waals surface area contributed by atoms with E-state index >= 15 is 0 Å². The number of hydrogen-bond acceptors (Lipinski definition) is 4. The molecule has 0 radical (unpaired) electrons. The SMILES string of the molecule is Cc1ccc(-c2nc(CCNS(=O)(=O)Cc3cccc(C(F)(F)F)c3)co2)cc1. The third-order valence-corrected chi connectivity index (χ3v) is 5.52. The minimum absolute atomic E-state index is 0.0567. The summed E-state index contributed by atoms with van der Waals surface area (Å²) in [5.41, 5.74) is 1.68. The second-order valence-electron chi connectivity index (χ2n) is 6.61. The molecule has 0 unspecified atom stereocenters. The zero-order valence-electron chi connectivity index (χ0n) is 15.5. The van der Waals surface area contributed by atoms with Gasteiger partial charge < -0.3 is 4.42 Å². The molecule has 2 aromatic carbocycles.